The number of allylic oxidation sites excluding steroid dienone is 4. The van der Waals surface area contributed by atoms with Gasteiger partial charge >= 0.3 is 0 Å². The summed E-state index contributed by atoms with van der Waals surface area (Å²) in [5.41, 5.74) is 11.3. The van der Waals surface area contributed by atoms with Crippen molar-refractivity contribution in [2.24, 2.45) is 5.73 Å². The zero-order valence-electron chi connectivity index (χ0n) is 9.12. The van der Waals surface area contributed by atoms with Crippen molar-refractivity contribution in [1.82, 2.24) is 4.90 Å². The van der Waals surface area contributed by atoms with Gasteiger partial charge in [-0.3, -0.25) is 0 Å². The van der Waals surface area contributed by atoms with E-state index in [0.717, 1.165) is 17.7 Å². The van der Waals surface area contributed by atoms with Crippen molar-refractivity contribution < 1.29 is 0 Å². The number of nitrogens with two attached hydrogens (primary N) is 1. The zero-order chi connectivity index (χ0) is 10.6. The van der Waals surface area contributed by atoms with Gasteiger partial charge in [0.05, 0.1) is 6.17 Å². The standard InChI is InChI=1S/C12H18N2/c1-10-8-6-4-5-7-9-12(10)14(3)11(2)13/h5-7,9,11H,4,13H2,1-3H3/b7-5-,12-9+. The Labute approximate surface area is 86.1 Å². The van der Waals surface area contributed by atoms with Gasteiger partial charge in [-0.1, -0.05) is 12.2 Å². The van der Waals surface area contributed by atoms with Crippen LogP contribution in [0.15, 0.2) is 41.3 Å². The molecule has 0 saturated carbocycles. The third-order valence-corrected chi connectivity index (χ3v) is 2.34. The molecule has 1 rings (SSSR count). The number of hydrogen-bond acceptors (Lipinski definition) is 2. The van der Waals surface area contributed by atoms with Crippen LogP contribution in [0.4, 0.5) is 0 Å². The van der Waals surface area contributed by atoms with Crippen molar-refractivity contribution in [2.45, 2.75) is 26.4 Å². The lowest BCUT2D eigenvalue weighted by atomic mass is 10.1. The predicted molar refractivity (Wildman–Crippen MR) is 60.5 cm³/mol. The summed E-state index contributed by atoms with van der Waals surface area (Å²) in [5.74, 6) is 0. The van der Waals surface area contributed by atoms with E-state index in [4.69, 9.17) is 5.73 Å². The van der Waals surface area contributed by atoms with Crippen LogP contribution in [0.5, 0.6) is 0 Å². The van der Waals surface area contributed by atoms with Crippen LogP contribution in [0.25, 0.3) is 0 Å². The first-order chi connectivity index (χ1) is 6.63. The van der Waals surface area contributed by atoms with E-state index >= 15 is 0 Å². The highest BCUT2D eigenvalue weighted by Crippen LogP contribution is 2.15. The molecule has 0 amide bonds. The monoisotopic (exact) mass is 190 g/mol. The molecular formula is C12H18N2. The molecule has 0 aromatic rings. The molecule has 0 aromatic heterocycles. The average Bonchev–Trinajstić information content (AvgIpc) is 2.11. The molecule has 1 aliphatic carbocycles. The first-order valence-corrected chi connectivity index (χ1v) is 4.90. The normalized spacial score (nSPS) is 24.0. The molecule has 0 heterocycles. The maximum Gasteiger partial charge on any atom is 0.0739 e. The Balaban J connectivity index is 2.99. The van der Waals surface area contributed by atoms with Gasteiger partial charge in [0.15, 0.2) is 0 Å². The minimum Gasteiger partial charge on any atom is -0.359 e. The molecule has 1 aliphatic rings. The molecule has 2 N–H and O–H groups in total. The second kappa shape index (κ2) is 4.85. The third kappa shape index (κ3) is 2.63. The van der Waals surface area contributed by atoms with E-state index in [2.05, 4.69) is 30.9 Å². The minimum atomic E-state index is 0.0193. The van der Waals surface area contributed by atoms with Crippen molar-refractivity contribution in [3.8, 4) is 0 Å². The predicted octanol–water partition coefficient (Wildman–Crippen LogP) is 2.17. The van der Waals surface area contributed by atoms with E-state index in [-0.39, 0.29) is 6.17 Å². The van der Waals surface area contributed by atoms with E-state index in [1.54, 1.807) is 0 Å². The van der Waals surface area contributed by atoms with E-state index in [1.807, 2.05) is 24.9 Å². The van der Waals surface area contributed by atoms with Gasteiger partial charge in [0, 0.05) is 18.3 Å². The van der Waals surface area contributed by atoms with Gasteiger partial charge in [0.2, 0.25) is 0 Å². The van der Waals surface area contributed by atoms with Crippen LogP contribution in [-0.2, 0) is 0 Å². The van der Waals surface area contributed by atoms with Crippen LogP contribution in [0.1, 0.15) is 20.3 Å². The summed E-state index contributed by atoms with van der Waals surface area (Å²) in [5, 5.41) is 0. The second-order valence-corrected chi connectivity index (χ2v) is 3.54. The Morgan fingerprint density at radius 1 is 1.57 bits per heavy atom. The summed E-state index contributed by atoms with van der Waals surface area (Å²) >= 11 is 0. The lowest BCUT2D eigenvalue weighted by Gasteiger charge is -2.26. The highest BCUT2D eigenvalue weighted by molar-refractivity contribution is 5.32. The number of nitrogens with zero attached hydrogens (tertiary/aromatic N) is 1. The highest BCUT2D eigenvalue weighted by Gasteiger charge is 2.09. The van der Waals surface area contributed by atoms with E-state index in [0.29, 0.717) is 0 Å². The molecule has 1 atom stereocenters. The van der Waals surface area contributed by atoms with Crippen LogP contribution in [-0.4, -0.2) is 18.1 Å². The van der Waals surface area contributed by atoms with Gasteiger partial charge in [-0.2, -0.15) is 0 Å². The lowest BCUT2D eigenvalue weighted by molar-refractivity contribution is 0.336. The first-order valence-electron chi connectivity index (χ1n) is 4.90. The molecule has 0 radical (unpaired) electrons. The summed E-state index contributed by atoms with van der Waals surface area (Å²) in [6.07, 6.45) is 9.25. The van der Waals surface area contributed by atoms with Crippen molar-refractivity contribution in [1.29, 1.82) is 0 Å². The van der Waals surface area contributed by atoms with Gasteiger partial charge < -0.3 is 10.6 Å². The fourth-order valence-corrected chi connectivity index (χ4v) is 1.32. The summed E-state index contributed by atoms with van der Waals surface area (Å²) < 4.78 is 0. The van der Waals surface area contributed by atoms with Gasteiger partial charge in [-0.25, -0.2) is 0 Å². The van der Waals surface area contributed by atoms with Crippen molar-refractivity contribution in [3.63, 3.8) is 0 Å². The molecule has 0 fully saturated rings. The molecule has 2 heteroatoms. The molecule has 1 unspecified atom stereocenters. The first kappa shape index (κ1) is 10.8. The van der Waals surface area contributed by atoms with Crippen molar-refractivity contribution in [3.05, 3.63) is 41.3 Å². The molecule has 0 spiro atoms. The molecule has 2 nitrogen and oxygen atoms in total. The number of hydrogen-bond donors (Lipinski definition) is 1. The Morgan fingerprint density at radius 2 is 2.29 bits per heavy atom. The van der Waals surface area contributed by atoms with E-state index < -0.39 is 0 Å². The highest BCUT2D eigenvalue weighted by atomic mass is 15.2. The maximum atomic E-state index is 5.83. The smallest absolute Gasteiger partial charge is 0.0739 e. The average molecular weight is 190 g/mol. The molecule has 0 aromatic carbocycles. The molecule has 14 heavy (non-hydrogen) atoms. The summed E-state index contributed by atoms with van der Waals surface area (Å²) in [6.45, 7) is 4.03. The Morgan fingerprint density at radius 3 is 2.93 bits per heavy atom. The van der Waals surface area contributed by atoms with Gasteiger partial charge in [0.25, 0.3) is 0 Å². The fraction of sp³-hybridized carbons (Fsp3) is 0.417. The molecule has 0 aliphatic heterocycles. The molecular weight excluding hydrogens is 172 g/mol. The van der Waals surface area contributed by atoms with E-state index in [9.17, 15) is 0 Å². The SMILES string of the molecule is CC1=C=CC/C=C\C=C/1N(C)C(C)N. The Hall–Kier alpha value is -1.24. The number of rotatable bonds is 2. The number of likely N-dealkylation sites (N-methyl/N-ethyl adjacent to an activating group) is 1. The van der Waals surface area contributed by atoms with Crippen LogP contribution in [0.2, 0.25) is 0 Å². The summed E-state index contributed by atoms with van der Waals surface area (Å²) in [7, 11) is 2.00. The largest absolute Gasteiger partial charge is 0.359 e. The lowest BCUT2D eigenvalue weighted by Crippen LogP contribution is -2.35. The molecule has 0 bridgehead atoms. The fourth-order valence-electron chi connectivity index (χ4n) is 1.32. The molecule has 0 saturated heterocycles. The van der Waals surface area contributed by atoms with Gasteiger partial charge in [-0.05, 0) is 32.4 Å². The Bertz CT molecular complexity index is 315. The van der Waals surface area contributed by atoms with Crippen LogP contribution >= 0.6 is 0 Å². The van der Waals surface area contributed by atoms with Crippen LogP contribution < -0.4 is 5.73 Å². The van der Waals surface area contributed by atoms with Gasteiger partial charge in [0.1, 0.15) is 0 Å². The topological polar surface area (TPSA) is 29.3 Å². The van der Waals surface area contributed by atoms with Crippen LogP contribution in [0, 0.1) is 0 Å². The van der Waals surface area contributed by atoms with Crippen LogP contribution in [0.3, 0.4) is 0 Å². The maximum absolute atomic E-state index is 5.83. The molecule has 76 valence electrons. The summed E-state index contributed by atoms with van der Waals surface area (Å²) in [6, 6.07) is 0. The minimum absolute atomic E-state index is 0.0193. The zero-order valence-corrected chi connectivity index (χ0v) is 9.12. The van der Waals surface area contributed by atoms with Crippen molar-refractivity contribution in [2.75, 3.05) is 7.05 Å². The van der Waals surface area contributed by atoms with Gasteiger partial charge in [-0.15, -0.1) is 5.73 Å². The quantitative estimate of drug-likeness (QED) is 0.534. The second-order valence-electron chi connectivity index (χ2n) is 3.54. The third-order valence-electron chi connectivity index (χ3n) is 2.34. The summed E-state index contributed by atoms with van der Waals surface area (Å²) in [4.78, 5) is 2.05. The van der Waals surface area contributed by atoms with Crippen molar-refractivity contribution >= 4 is 0 Å². The van der Waals surface area contributed by atoms with E-state index in [1.165, 1.54) is 0 Å². The Kier molecular flexibility index (Phi) is 3.75.